The van der Waals surface area contributed by atoms with Gasteiger partial charge in [-0.3, -0.25) is 19.5 Å². The van der Waals surface area contributed by atoms with Gasteiger partial charge >= 0.3 is 6.03 Å². The van der Waals surface area contributed by atoms with E-state index in [1.807, 2.05) is 37.3 Å². The molecule has 3 amide bonds. The Balaban J connectivity index is 1.92. The van der Waals surface area contributed by atoms with Crippen LogP contribution in [0, 0.1) is 0 Å². The van der Waals surface area contributed by atoms with E-state index in [4.69, 9.17) is 0 Å². The monoisotopic (exact) mass is 452 g/mol. The lowest BCUT2D eigenvalue weighted by Gasteiger charge is -2.15. The van der Waals surface area contributed by atoms with Gasteiger partial charge in [-0.25, -0.2) is 9.78 Å². The van der Waals surface area contributed by atoms with Crippen LogP contribution in [0.5, 0.6) is 0 Å². The van der Waals surface area contributed by atoms with Gasteiger partial charge in [0.15, 0.2) is 5.16 Å². The van der Waals surface area contributed by atoms with Gasteiger partial charge in [-0.1, -0.05) is 56.8 Å². The third kappa shape index (κ3) is 5.56. The molecule has 0 saturated carbocycles. The number of aromatic nitrogens is 2. The molecule has 3 rings (SSSR count). The first kappa shape index (κ1) is 23.5. The summed E-state index contributed by atoms with van der Waals surface area (Å²) in [7, 11) is 0. The largest absolute Gasteiger partial charge is 0.338 e. The topological polar surface area (TPSA) is 93.1 Å². The maximum Gasteiger partial charge on any atom is 0.321 e. The lowest BCUT2D eigenvalue weighted by atomic mass is 9.98. The Morgan fingerprint density at radius 2 is 1.81 bits per heavy atom. The molecule has 1 unspecified atom stereocenters. The molecule has 0 spiro atoms. The number of imide groups is 1. The van der Waals surface area contributed by atoms with Crippen LogP contribution in [0.25, 0.3) is 16.6 Å². The van der Waals surface area contributed by atoms with Gasteiger partial charge in [0.2, 0.25) is 5.91 Å². The lowest BCUT2D eigenvalue weighted by molar-refractivity contribution is -0.117. The van der Waals surface area contributed by atoms with Crippen molar-refractivity contribution in [2.45, 2.75) is 44.7 Å². The fraction of sp³-hybridized carbons (Fsp3) is 0.333. The first-order valence-electron chi connectivity index (χ1n) is 10.8. The minimum atomic E-state index is -0.526. The summed E-state index contributed by atoms with van der Waals surface area (Å²) in [6, 6.07) is 14.5. The van der Waals surface area contributed by atoms with Crippen molar-refractivity contribution >= 4 is 34.6 Å². The molecule has 2 N–H and O–H groups in total. The van der Waals surface area contributed by atoms with Crippen LogP contribution in [0.2, 0.25) is 0 Å². The number of urea groups is 1. The van der Waals surface area contributed by atoms with Gasteiger partial charge in [-0.15, -0.1) is 0 Å². The molecule has 7 nitrogen and oxygen atoms in total. The summed E-state index contributed by atoms with van der Waals surface area (Å²) >= 11 is 1.12. The fourth-order valence-corrected chi connectivity index (χ4v) is 4.01. The summed E-state index contributed by atoms with van der Waals surface area (Å²) in [5.41, 5.74) is 2.25. The van der Waals surface area contributed by atoms with Crippen molar-refractivity contribution < 1.29 is 9.59 Å². The highest BCUT2D eigenvalue weighted by atomic mass is 32.2. The molecule has 0 radical (unpaired) electrons. The van der Waals surface area contributed by atoms with Crippen molar-refractivity contribution in [3.05, 3.63) is 64.4 Å². The predicted octanol–water partition coefficient (Wildman–Crippen LogP) is 4.23. The number of thioether (sulfide) groups is 1. The van der Waals surface area contributed by atoms with Crippen molar-refractivity contribution in [1.82, 2.24) is 20.2 Å². The minimum absolute atomic E-state index is 0.0464. The first-order valence-corrected chi connectivity index (χ1v) is 11.8. The molecular formula is C24H28N4O3S. The Kier molecular flexibility index (Phi) is 8.05. The molecule has 2 aromatic carbocycles. The molecule has 1 atom stereocenters. The zero-order valence-electron chi connectivity index (χ0n) is 18.6. The Morgan fingerprint density at radius 3 is 2.50 bits per heavy atom. The second-order valence-electron chi connectivity index (χ2n) is 7.55. The highest BCUT2D eigenvalue weighted by molar-refractivity contribution is 7.99. The van der Waals surface area contributed by atoms with E-state index in [2.05, 4.69) is 29.5 Å². The Morgan fingerprint density at radius 1 is 1.09 bits per heavy atom. The molecule has 0 aliphatic rings. The standard InChI is InChI=1S/C24H28N4O3S/c1-4-14-25-23(31)27-21(29)15-32-24-26-20-9-7-6-8-19(20)22(30)28(24)18-12-10-17(11-13-18)16(3)5-2/h6-13,16H,4-5,14-15H2,1-3H3,(H2,25,27,29,31). The number of nitrogens with one attached hydrogen (secondary N) is 2. The van der Waals surface area contributed by atoms with Crippen LogP contribution in [0.4, 0.5) is 4.79 Å². The van der Waals surface area contributed by atoms with Crippen molar-refractivity contribution in [2.24, 2.45) is 0 Å². The normalized spacial score (nSPS) is 11.8. The van der Waals surface area contributed by atoms with Gasteiger partial charge in [-0.05, 0) is 48.6 Å². The van der Waals surface area contributed by atoms with E-state index in [9.17, 15) is 14.4 Å². The zero-order valence-corrected chi connectivity index (χ0v) is 19.4. The summed E-state index contributed by atoms with van der Waals surface area (Å²) in [6.45, 7) is 6.72. The second kappa shape index (κ2) is 10.9. The molecule has 0 bridgehead atoms. The van der Waals surface area contributed by atoms with Crippen molar-refractivity contribution in [3.63, 3.8) is 0 Å². The predicted molar refractivity (Wildman–Crippen MR) is 129 cm³/mol. The molecule has 0 fully saturated rings. The third-order valence-corrected chi connectivity index (χ3v) is 6.14. The van der Waals surface area contributed by atoms with E-state index in [1.165, 1.54) is 10.1 Å². The molecule has 8 heteroatoms. The molecule has 0 aliphatic heterocycles. The molecule has 3 aromatic rings. The van der Waals surface area contributed by atoms with E-state index in [1.54, 1.807) is 18.2 Å². The van der Waals surface area contributed by atoms with E-state index >= 15 is 0 Å². The van der Waals surface area contributed by atoms with Gasteiger partial charge in [0, 0.05) is 6.54 Å². The fourth-order valence-electron chi connectivity index (χ4n) is 3.20. The van der Waals surface area contributed by atoms with Crippen LogP contribution in [0.1, 0.15) is 45.1 Å². The van der Waals surface area contributed by atoms with E-state index < -0.39 is 11.9 Å². The lowest BCUT2D eigenvalue weighted by Crippen LogP contribution is -2.40. The average Bonchev–Trinajstić information content (AvgIpc) is 2.81. The molecule has 1 heterocycles. The van der Waals surface area contributed by atoms with Gasteiger partial charge in [0.25, 0.3) is 5.56 Å². The maximum atomic E-state index is 13.3. The number of carbonyl (C=O) groups is 2. The van der Waals surface area contributed by atoms with Crippen LogP contribution in [0.3, 0.4) is 0 Å². The second-order valence-corrected chi connectivity index (χ2v) is 8.49. The van der Waals surface area contributed by atoms with Gasteiger partial charge in [0.05, 0.1) is 22.3 Å². The average molecular weight is 453 g/mol. The van der Waals surface area contributed by atoms with Gasteiger partial charge in [0.1, 0.15) is 0 Å². The SMILES string of the molecule is CCCNC(=O)NC(=O)CSc1nc2ccccc2c(=O)n1-c1ccc(C(C)CC)cc1. The number of amides is 3. The van der Waals surface area contributed by atoms with Gasteiger partial charge in [-0.2, -0.15) is 0 Å². The summed E-state index contributed by atoms with van der Waals surface area (Å²) < 4.78 is 1.53. The Bertz CT molecular complexity index is 1160. The van der Waals surface area contributed by atoms with E-state index in [0.29, 0.717) is 34.2 Å². The van der Waals surface area contributed by atoms with Crippen molar-refractivity contribution in [1.29, 1.82) is 0 Å². The number of hydrogen-bond acceptors (Lipinski definition) is 5. The number of carbonyl (C=O) groups excluding carboxylic acids is 2. The molecule has 168 valence electrons. The highest BCUT2D eigenvalue weighted by Gasteiger charge is 2.16. The number of nitrogens with zero attached hydrogens (tertiary/aromatic N) is 2. The third-order valence-electron chi connectivity index (χ3n) is 5.20. The summed E-state index contributed by atoms with van der Waals surface area (Å²) in [6.07, 6.45) is 1.80. The first-order chi connectivity index (χ1) is 15.4. The maximum absolute atomic E-state index is 13.3. The summed E-state index contributed by atoms with van der Waals surface area (Å²) in [5.74, 6) is -0.0773. The van der Waals surface area contributed by atoms with Gasteiger partial charge < -0.3 is 5.32 Å². The van der Waals surface area contributed by atoms with Crippen LogP contribution in [0.15, 0.2) is 58.5 Å². The van der Waals surface area contributed by atoms with Crippen LogP contribution < -0.4 is 16.2 Å². The van der Waals surface area contributed by atoms with Crippen LogP contribution in [-0.2, 0) is 4.79 Å². The molecule has 1 aromatic heterocycles. The minimum Gasteiger partial charge on any atom is -0.338 e. The molecule has 0 aliphatic carbocycles. The van der Waals surface area contributed by atoms with Crippen molar-refractivity contribution in [3.8, 4) is 5.69 Å². The summed E-state index contributed by atoms with van der Waals surface area (Å²) in [5, 5.41) is 5.80. The number of para-hydroxylation sites is 1. The number of fused-ring (bicyclic) bond motifs is 1. The van der Waals surface area contributed by atoms with E-state index in [-0.39, 0.29) is 11.3 Å². The Hall–Kier alpha value is -3.13. The quantitative estimate of drug-likeness (QED) is 0.394. The van der Waals surface area contributed by atoms with E-state index in [0.717, 1.165) is 24.6 Å². The molecule has 0 saturated heterocycles. The number of rotatable bonds is 8. The van der Waals surface area contributed by atoms with Crippen molar-refractivity contribution in [2.75, 3.05) is 12.3 Å². The number of benzene rings is 2. The smallest absolute Gasteiger partial charge is 0.321 e. The zero-order chi connectivity index (χ0) is 23.1. The highest BCUT2D eigenvalue weighted by Crippen LogP contribution is 2.24. The summed E-state index contributed by atoms with van der Waals surface area (Å²) in [4.78, 5) is 41.9. The molecular weight excluding hydrogens is 424 g/mol. The van der Waals surface area contributed by atoms with Crippen LogP contribution >= 0.6 is 11.8 Å². The molecule has 32 heavy (non-hydrogen) atoms. The van der Waals surface area contributed by atoms with Crippen LogP contribution in [-0.4, -0.2) is 33.8 Å². The Labute approximate surface area is 191 Å². The number of hydrogen-bond donors (Lipinski definition) is 2.